The normalized spacial score (nSPS) is 13.6. The fourth-order valence-electron chi connectivity index (χ4n) is 3.51. The number of aryl methyl sites for hydroxylation is 2. The van der Waals surface area contributed by atoms with Crippen molar-refractivity contribution in [1.29, 1.82) is 0 Å². The van der Waals surface area contributed by atoms with Gasteiger partial charge in [-0.2, -0.15) is 0 Å². The van der Waals surface area contributed by atoms with Gasteiger partial charge in [-0.3, -0.25) is 29.8 Å². The summed E-state index contributed by atoms with van der Waals surface area (Å²) < 4.78 is 15.4. The Morgan fingerprint density at radius 1 is 1.14 bits per heavy atom. The minimum atomic E-state index is -0.764. The molecule has 2 N–H and O–H groups in total. The number of hydrazine groups is 1. The summed E-state index contributed by atoms with van der Waals surface area (Å²) in [6, 6.07) is 5.48. The molecule has 0 bridgehead atoms. The molecule has 0 saturated carbocycles. The Kier molecular flexibility index (Phi) is 5.14. The smallest absolute Gasteiger partial charge is 0.280 e. The van der Waals surface area contributed by atoms with Crippen LogP contribution in [0.3, 0.4) is 0 Å². The zero-order valence-electron chi connectivity index (χ0n) is 15.8. The lowest BCUT2D eigenvalue weighted by atomic mass is 10.2. The van der Waals surface area contributed by atoms with E-state index in [0.29, 0.717) is 27.2 Å². The highest BCUT2D eigenvalue weighted by Crippen LogP contribution is 2.28. The SMILES string of the molecule is Cc1c(C(=O)NNC(=O)c2ccccc2F)sc2nc3n(c(=O)c12)CCCCC3. The van der Waals surface area contributed by atoms with Gasteiger partial charge in [0.2, 0.25) is 0 Å². The molecular weight excluding hydrogens is 395 g/mol. The number of benzene rings is 1. The number of nitrogens with one attached hydrogen (secondary N) is 2. The van der Waals surface area contributed by atoms with Gasteiger partial charge in [-0.05, 0) is 37.5 Å². The zero-order valence-corrected chi connectivity index (χ0v) is 16.6. The van der Waals surface area contributed by atoms with Crippen LogP contribution in [0.25, 0.3) is 10.2 Å². The van der Waals surface area contributed by atoms with Gasteiger partial charge in [0.05, 0.1) is 15.8 Å². The van der Waals surface area contributed by atoms with Gasteiger partial charge in [-0.15, -0.1) is 11.3 Å². The monoisotopic (exact) mass is 414 g/mol. The molecule has 0 radical (unpaired) electrons. The molecule has 29 heavy (non-hydrogen) atoms. The molecule has 0 unspecified atom stereocenters. The number of carbonyl (C=O) groups is 2. The number of halogens is 1. The summed E-state index contributed by atoms with van der Waals surface area (Å²) in [6.07, 6.45) is 3.71. The fraction of sp³-hybridized carbons (Fsp3) is 0.300. The van der Waals surface area contributed by atoms with Crippen LogP contribution < -0.4 is 16.4 Å². The Morgan fingerprint density at radius 3 is 2.69 bits per heavy atom. The molecule has 4 rings (SSSR count). The number of thiophene rings is 1. The number of hydrogen-bond donors (Lipinski definition) is 2. The third kappa shape index (κ3) is 3.53. The topological polar surface area (TPSA) is 93.1 Å². The molecule has 3 aromatic rings. The third-order valence-electron chi connectivity index (χ3n) is 5.03. The molecule has 3 heterocycles. The van der Waals surface area contributed by atoms with Crippen molar-refractivity contribution in [3.05, 3.63) is 62.3 Å². The maximum Gasteiger partial charge on any atom is 0.280 e. The van der Waals surface area contributed by atoms with Gasteiger partial charge >= 0.3 is 0 Å². The van der Waals surface area contributed by atoms with E-state index >= 15 is 0 Å². The van der Waals surface area contributed by atoms with Crippen LogP contribution in [0.15, 0.2) is 29.1 Å². The van der Waals surface area contributed by atoms with Gasteiger partial charge in [0.15, 0.2) is 0 Å². The van der Waals surface area contributed by atoms with E-state index in [0.717, 1.165) is 48.9 Å². The minimum absolute atomic E-state index is 0.130. The van der Waals surface area contributed by atoms with Crippen LogP contribution in [-0.4, -0.2) is 21.4 Å². The van der Waals surface area contributed by atoms with Crippen molar-refractivity contribution in [1.82, 2.24) is 20.4 Å². The van der Waals surface area contributed by atoms with E-state index in [4.69, 9.17) is 0 Å². The van der Waals surface area contributed by atoms with Gasteiger partial charge in [0, 0.05) is 13.0 Å². The second-order valence-corrected chi connectivity index (χ2v) is 7.92. The Bertz CT molecular complexity index is 1180. The van der Waals surface area contributed by atoms with Crippen LogP contribution in [0.2, 0.25) is 0 Å². The summed E-state index contributed by atoms with van der Waals surface area (Å²) in [5, 5.41) is 0.436. The first-order valence-corrected chi connectivity index (χ1v) is 10.2. The molecule has 0 atom stereocenters. The number of carbonyl (C=O) groups excluding carboxylic acids is 2. The number of aromatic nitrogens is 2. The fourth-order valence-corrected chi connectivity index (χ4v) is 4.60. The highest BCUT2D eigenvalue weighted by Gasteiger charge is 2.22. The number of hydrogen-bond acceptors (Lipinski definition) is 5. The maximum atomic E-state index is 13.7. The van der Waals surface area contributed by atoms with Crippen LogP contribution in [0.5, 0.6) is 0 Å². The van der Waals surface area contributed by atoms with E-state index in [1.165, 1.54) is 18.2 Å². The van der Waals surface area contributed by atoms with E-state index in [2.05, 4.69) is 15.8 Å². The van der Waals surface area contributed by atoms with Gasteiger partial charge in [0.25, 0.3) is 17.4 Å². The third-order valence-corrected chi connectivity index (χ3v) is 6.21. The van der Waals surface area contributed by atoms with Crippen molar-refractivity contribution >= 4 is 33.4 Å². The van der Waals surface area contributed by atoms with Crippen molar-refractivity contribution in [2.24, 2.45) is 0 Å². The lowest BCUT2D eigenvalue weighted by molar-refractivity contribution is 0.0846. The largest absolute Gasteiger partial charge is 0.296 e. The molecular formula is C20H19FN4O3S. The quantitative estimate of drug-likeness (QED) is 0.631. The van der Waals surface area contributed by atoms with Gasteiger partial charge in [-0.1, -0.05) is 18.6 Å². The summed E-state index contributed by atoms with van der Waals surface area (Å²) in [4.78, 5) is 43.1. The molecule has 2 amide bonds. The lowest BCUT2D eigenvalue weighted by Gasteiger charge is -2.08. The second kappa shape index (κ2) is 7.75. The molecule has 0 fully saturated rings. The molecule has 1 aliphatic heterocycles. The molecule has 0 saturated heterocycles. The minimum Gasteiger partial charge on any atom is -0.296 e. The molecule has 9 heteroatoms. The van der Waals surface area contributed by atoms with Crippen LogP contribution in [0, 0.1) is 12.7 Å². The first-order chi connectivity index (χ1) is 14.0. The van der Waals surface area contributed by atoms with Crippen LogP contribution in [0.1, 0.15) is 50.7 Å². The van der Waals surface area contributed by atoms with Crippen LogP contribution in [-0.2, 0) is 13.0 Å². The molecule has 1 aliphatic rings. The van der Waals surface area contributed by atoms with E-state index in [-0.39, 0.29) is 11.1 Å². The van der Waals surface area contributed by atoms with Gasteiger partial charge < -0.3 is 0 Å². The van der Waals surface area contributed by atoms with E-state index in [1.54, 1.807) is 11.5 Å². The summed E-state index contributed by atoms with van der Waals surface area (Å²) in [6.45, 7) is 2.33. The van der Waals surface area contributed by atoms with E-state index in [9.17, 15) is 18.8 Å². The Labute approximate surface area is 169 Å². The highest BCUT2D eigenvalue weighted by molar-refractivity contribution is 7.20. The molecule has 7 nitrogen and oxygen atoms in total. The molecule has 2 aromatic heterocycles. The average molecular weight is 414 g/mol. The summed E-state index contributed by atoms with van der Waals surface area (Å²) in [5.74, 6) is -1.27. The maximum absolute atomic E-state index is 13.7. The van der Waals surface area contributed by atoms with E-state index < -0.39 is 17.6 Å². The first kappa shape index (κ1) is 19.3. The van der Waals surface area contributed by atoms with Crippen molar-refractivity contribution in [2.75, 3.05) is 0 Å². The van der Waals surface area contributed by atoms with Crippen molar-refractivity contribution in [3.8, 4) is 0 Å². The molecule has 0 spiro atoms. The summed E-state index contributed by atoms with van der Waals surface area (Å²) in [7, 11) is 0. The van der Waals surface area contributed by atoms with Crippen LogP contribution in [0.4, 0.5) is 4.39 Å². The number of amides is 2. The summed E-state index contributed by atoms with van der Waals surface area (Å²) in [5.41, 5.74) is 4.73. The molecule has 0 aliphatic carbocycles. The second-order valence-electron chi connectivity index (χ2n) is 6.92. The Morgan fingerprint density at radius 2 is 1.90 bits per heavy atom. The van der Waals surface area contributed by atoms with Crippen LogP contribution >= 0.6 is 11.3 Å². The van der Waals surface area contributed by atoms with Crippen molar-refractivity contribution in [2.45, 2.75) is 39.2 Å². The van der Waals surface area contributed by atoms with Crippen molar-refractivity contribution < 1.29 is 14.0 Å². The number of nitrogens with zero attached hydrogens (tertiary/aromatic N) is 2. The summed E-state index contributed by atoms with van der Waals surface area (Å²) >= 11 is 1.11. The average Bonchev–Trinajstić information content (AvgIpc) is 2.88. The predicted molar refractivity (Wildman–Crippen MR) is 108 cm³/mol. The highest BCUT2D eigenvalue weighted by atomic mass is 32.1. The Balaban J connectivity index is 1.61. The standard InChI is InChI=1S/C20H19FN4O3S/c1-11-15-19(22-14-9-3-2-6-10-25(14)20(15)28)29-16(11)18(27)24-23-17(26)12-7-4-5-8-13(12)21/h4-5,7-8H,2-3,6,9-10H2,1H3,(H,23,26)(H,24,27). The molecule has 1 aromatic carbocycles. The number of fused-ring (bicyclic) bond motifs is 2. The van der Waals surface area contributed by atoms with Gasteiger partial charge in [-0.25, -0.2) is 9.37 Å². The van der Waals surface area contributed by atoms with Crippen molar-refractivity contribution in [3.63, 3.8) is 0 Å². The molecule has 150 valence electrons. The Hall–Kier alpha value is -3.07. The lowest BCUT2D eigenvalue weighted by Crippen LogP contribution is -2.41. The van der Waals surface area contributed by atoms with E-state index in [1.807, 2.05) is 0 Å². The number of rotatable bonds is 2. The first-order valence-electron chi connectivity index (χ1n) is 9.35. The zero-order chi connectivity index (χ0) is 20.5. The predicted octanol–water partition coefficient (Wildman–Crippen LogP) is 2.71. The van der Waals surface area contributed by atoms with Gasteiger partial charge in [0.1, 0.15) is 16.5 Å².